The standard InChI is InChI=1S/C15H26O3/c1-6-14(16)17-10-15(4,5)18-12(3)13-8-7-11(2)9-13/h12-13H,2,6-10H2,1,3-5H3. The van der Waals surface area contributed by atoms with Gasteiger partial charge < -0.3 is 9.47 Å². The van der Waals surface area contributed by atoms with Gasteiger partial charge >= 0.3 is 5.97 Å². The lowest BCUT2D eigenvalue weighted by molar-refractivity contribution is -0.159. The van der Waals surface area contributed by atoms with Gasteiger partial charge in [-0.3, -0.25) is 4.79 Å². The molecule has 1 rings (SSSR count). The summed E-state index contributed by atoms with van der Waals surface area (Å²) < 4.78 is 11.2. The van der Waals surface area contributed by atoms with Crippen molar-refractivity contribution < 1.29 is 14.3 Å². The first-order valence-corrected chi connectivity index (χ1v) is 6.84. The Kier molecular flexibility index (Phi) is 5.39. The first-order valence-electron chi connectivity index (χ1n) is 6.84. The molecular weight excluding hydrogens is 228 g/mol. The molecule has 2 atom stereocenters. The molecule has 0 aliphatic heterocycles. The van der Waals surface area contributed by atoms with Crippen LogP contribution in [0, 0.1) is 5.92 Å². The lowest BCUT2D eigenvalue weighted by atomic mass is 10.0. The highest BCUT2D eigenvalue weighted by Crippen LogP contribution is 2.34. The van der Waals surface area contributed by atoms with Crippen molar-refractivity contribution >= 4 is 5.97 Å². The van der Waals surface area contributed by atoms with Crippen LogP contribution in [0.4, 0.5) is 0 Å². The van der Waals surface area contributed by atoms with Gasteiger partial charge in [-0.25, -0.2) is 0 Å². The predicted molar refractivity (Wildman–Crippen MR) is 72.4 cm³/mol. The van der Waals surface area contributed by atoms with Crippen LogP contribution in [0.5, 0.6) is 0 Å². The van der Waals surface area contributed by atoms with E-state index in [0.29, 0.717) is 18.9 Å². The molecule has 0 bridgehead atoms. The minimum absolute atomic E-state index is 0.173. The maximum absolute atomic E-state index is 11.2. The van der Waals surface area contributed by atoms with Gasteiger partial charge in [-0.15, -0.1) is 0 Å². The highest BCUT2D eigenvalue weighted by atomic mass is 16.6. The van der Waals surface area contributed by atoms with Gasteiger partial charge in [-0.2, -0.15) is 0 Å². The van der Waals surface area contributed by atoms with Gasteiger partial charge in [0.25, 0.3) is 0 Å². The maximum atomic E-state index is 11.2. The highest BCUT2D eigenvalue weighted by Gasteiger charge is 2.30. The van der Waals surface area contributed by atoms with Crippen molar-refractivity contribution in [2.45, 2.75) is 65.1 Å². The number of esters is 1. The quantitative estimate of drug-likeness (QED) is 0.538. The summed E-state index contributed by atoms with van der Waals surface area (Å²) in [5.74, 6) is 0.382. The van der Waals surface area contributed by atoms with Crippen molar-refractivity contribution in [1.29, 1.82) is 0 Å². The van der Waals surface area contributed by atoms with Gasteiger partial charge in [0, 0.05) is 6.42 Å². The fourth-order valence-corrected chi connectivity index (χ4v) is 2.35. The Labute approximate surface area is 111 Å². The number of hydrogen-bond donors (Lipinski definition) is 0. The van der Waals surface area contributed by atoms with Gasteiger partial charge in [0.2, 0.25) is 0 Å². The molecule has 1 aliphatic rings. The van der Waals surface area contributed by atoms with Crippen LogP contribution in [0.1, 0.15) is 53.4 Å². The average Bonchev–Trinajstić information content (AvgIpc) is 2.72. The molecule has 0 spiro atoms. The zero-order valence-corrected chi connectivity index (χ0v) is 12.1. The fourth-order valence-electron chi connectivity index (χ4n) is 2.35. The Morgan fingerprint density at radius 3 is 2.72 bits per heavy atom. The Bertz CT molecular complexity index is 307. The molecule has 3 nitrogen and oxygen atoms in total. The second-order valence-corrected chi connectivity index (χ2v) is 5.85. The summed E-state index contributed by atoms with van der Waals surface area (Å²) >= 11 is 0. The zero-order chi connectivity index (χ0) is 13.8. The smallest absolute Gasteiger partial charge is 0.305 e. The summed E-state index contributed by atoms with van der Waals surface area (Å²) in [7, 11) is 0. The van der Waals surface area contributed by atoms with Gasteiger partial charge in [0.1, 0.15) is 6.61 Å². The van der Waals surface area contributed by atoms with E-state index >= 15 is 0 Å². The van der Waals surface area contributed by atoms with Crippen molar-refractivity contribution in [2.24, 2.45) is 5.92 Å². The topological polar surface area (TPSA) is 35.5 Å². The van der Waals surface area contributed by atoms with Gasteiger partial charge in [0.15, 0.2) is 0 Å². The lowest BCUT2D eigenvalue weighted by Gasteiger charge is -2.31. The first-order chi connectivity index (χ1) is 8.34. The number of carbonyl (C=O) groups is 1. The Morgan fingerprint density at radius 2 is 2.22 bits per heavy atom. The molecule has 1 aliphatic carbocycles. The molecule has 0 aromatic carbocycles. The molecule has 0 heterocycles. The highest BCUT2D eigenvalue weighted by molar-refractivity contribution is 5.68. The Hall–Kier alpha value is -0.830. The van der Waals surface area contributed by atoms with E-state index in [1.165, 1.54) is 5.57 Å². The monoisotopic (exact) mass is 254 g/mol. The maximum Gasteiger partial charge on any atom is 0.305 e. The van der Waals surface area contributed by atoms with Crippen LogP contribution in [-0.2, 0) is 14.3 Å². The number of carbonyl (C=O) groups excluding carboxylic acids is 1. The van der Waals surface area contributed by atoms with Crippen LogP contribution in [0.25, 0.3) is 0 Å². The fraction of sp³-hybridized carbons (Fsp3) is 0.800. The third-order valence-corrected chi connectivity index (χ3v) is 3.46. The molecular formula is C15H26O3. The summed E-state index contributed by atoms with van der Waals surface area (Å²) in [5.41, 5.74) is 0.902. The minimum Gasteiger partial charge on any atom is -0.463 e. The third-order valence-electron chi connectivity index (χ3n) is 3.46. The van der Waals surface area contributed by atoms with E-state index in [4.69, 9.17) is 9.47 Å². The molecule has 18 heavy (non-hydrogen) atoms. The molecule has 0 aromatic rings. The second kappa shape index (κ2) is 6.37. The van der Waals surface area contributed by atoms with E-state index in [1.807, 2.05) is 13.8 Å². The Morgan fingerprint density at radius 1 is 1.56 bits per heavy atom. The van der Waals surface area contributed by atoms with Crippen LogP contribution in [0.15, 0.2) is 12.2 Å². The number of allylic oxidation sites excluding steroid dienone is 1. The van der Waals surface area contributed by atoms with Crippen molar-refractivity contribution in [1.82, 2.24) is 0 Å². The van der Waals surface area contributed by atoms with Crippen LogP contribution >= 0.6 is 0 Å². The number of hydrogen-bond acceptors (Lipinski definition) is 3. The molecule has 1 fully saturated rings. The van der Waals surface area contributed by atoms with Crippen LogP contribution in [0.3, 0.4) is 0 Å². The molecule has 0 saturated heterocycles. The molecule has 2 unspecified atom stereocenters. The van der Waals surface area contributed by atoms with Crippen LogP contribution in [-0.4, -0.2) is 24.3 Å². The number of ether oxygens (including phenoxy) is 2. The summed E-state index contributed by atoms with van der Waals surface area (Å²) in [6, 6.07) is 0. The molecule has 0 amide bonds. The van der Waals surface area contributed by atoms with Crippen molar-refractivity contribution in [3.63, 3.8) is 0 Å². The van der Waals surface area contributed by atoms with Gasteiger partial charge in [-0.1, -0.05) is 19.1 Å². The Balaban J connectivity index is 2.39. The van der Waals surface area contributed by atoms with E-state index in [2.05, 4.69) is 13.5 Å². The zero-order valence-electron chi connectivity index (χ0n) is 12.1. The first kappa shape index (κ1) is 15.2. The van der Waals surface area contributed by atoms with E-state index in [1.54, 1.807) is 6.92 Å². The average molecular weight is 254 g/mol. The summed E-state index contributed by atoms with van der Waals surface area (Å²) in [4.78, 5) is 11.2. The van der Waals surface area contributed by atoms with Crippen LogP contribution in [0.2, 0.25) is 0 Å². The lowest BCUT2D eigenvalue weighted by Crippen LogP contribution is -2.37. The summed E-state index contributed by atoms with van der Waals surface area (Å²) in [6.45, 7) is 12.2. The summed E-state index contributed by atoms with van der Waals surface area (Å²) in [6.07, 6.45) is 3.92. The second-order valence-electron chi connectivity index (χ2n) is 5.85. The molecule has 0 N–H and O–H groups in total. The van der Waals surface area contributed by atoms with Crippen molar-refractivity contribution in [2.75, 3.05) is 6.61 Å². The number of rotatable bonds is 6. The van der Waals surface area contributed by atoms with Crippen molar-refractivity contribution in [3.8, 4) is 0 Å². The van der Waals surface area contributed by atoms with Gasteiger partial charge in [0.05, 0.1) is 11.7 Å². The van der Waals surface area contributed by atoms with E-state index in [9.17, 15) is 4.79 Å². The SMILES string of the molecule is C=C1CCC(C(C)OC(C)(C)COC(=O)CC)C1. The minimum atomic E-state index is -0.422. The molecule has 104 valence electrons. The molecule has 0 radical (unpaired) electrons. The normalized spacial score (nSPS) is 22.0. The van der Waals surface area contributed by atoms with Crippen molar-refractivity contribution in [3.05, 3.63) is 12.2 Å². The molecule has 0 aromatic heterocycles. The van der Waals surface area contributed by atoms with E-state index in [0.717, 1.165) is 19.3 Å². The summed E-state index contributed by atoms with van der Waals surface area (Å²) in [5, 5.41) is 0. The van der Waals surface area contributed by atoms with Gasteiger partial charge in [-0.05, 0) is 46.0 Å². The largest absolute Gasteiger partial charge is 0.463 e. The van der Waals surface area contributed by atoms with Crippen LogP contribution < -0.4 is 0 Å². The third kappa shape index (κ3) is 4.81. The molecule has 1 saturated carbocycles. The van der Waals surface area contributed by atoms with E-state index in [-0.39, 0.29) is 12.1 Å². The predicted octanol–water partition coefficient (Wildman–Crippen LogP) is 3.48. The van der Waals surface area contributed by atoms with E-state index < -0.39 is 5.60 Å². The molecule has 3 heteroatoms.